The predicted molar refractivity (Wildman–Crippen MR) is 119 cm³/mol. The topological polar surface area (TPSA) is 61.4 Å². The molecule has 3 aliphatic rings. The van der Waals surface area contributed by atoms with E-state index in [0.29, 0.717) is 31.0 Å². The molecule has 1 aliphatic carbocycles. The molecule has 4 rings (SSSR count). The molecule has 2 heterocycles. The first-order valence-corrected chi connectivity index (χ1v) is 11.6. The molecule has 4 atom stereocenters. The predicted octanol–water partition coefficient (Wildman–Crippen LogP) is 3.92. The molecule has 0 spiro atoms. The second kappa shape index (κ2) is 8.93. The van der Waals surface area contributed by atoms with E-state index < -0.39 is 0 Å². The molecule has 2 fully saturated rings. The van der Waals surface area contributed by atoms with E-state index in [1.165, 1.54) is 31.2 Å². The zero-order valence-electron chi connectivity index (χ0n) is 18.4. The zero-order valence-corrected chi connectivity index (χ0v) is 18.4. The van der Waals surface area contributed by atoms with Crippen molar-refractivity contribution in [2.24, 2.45) is 5.92 Å². The summed E-state index contributed by atoms with van der Waals surface area (Å²) in [5.74, 6) is 0.529. The Morgan fingerprint density at radius 1 is 1.23 bits per heavy atom. The second-order valence-corrected chi connectivity index (χ2v) is 9.40. The van der Waals surface area contributed by atoms with Crippen LogP contribution < -0.4 is 10.6 Å². The maximum atomic E-state index is 12.9. The number of allylic oxidation sites excluding steroid dienone is 1. The Morgan fingerprint density at radius 2 is 2.03 bits per heavy atom. The lowest BCUT2D eigenvalue weighted by atomic mass is 9.80. The van der Waals surface area contributed by atoms with Crippen LogP contribution in [0.3, 0.4) is 0 Å². The molecule has 162 valence electrons. The fraction of sp³-hybridized carbons (Fsp3) is 0.600. The van der Waals surface area contributed by atoms with Gasteiger partial charge in [0, 0.05) is 29.9 Å². The van der Waals surface area contributed by atoms with E-state index in [9.17, 15) is 9.59 Å². The molecule has 0 radical (unpaired) electrons. The van der Waals surface area contributed by atoms with Crippen LogP contribution in [0.4, 0.5) is 0 Å². The van der Waals surface area contributed by atoms with Gasteiger partial charge in [-0.3, -0.25) is 9.59 Å². The fourth-order valence-electron chi connectivity index (χ4n) is 5.29. The van der Waals surface area contributed by atoms with Gasteiger partial charge >= 0.3 is 0 Å². The average molecular weight is 410 g/mol. The van der Waals surface area contributed by atoms with Gasteiger partial charge in [-0.15, -0.1) is 0 Å². The van der Waals surface area contributed by atoms with Gasteiger partial charge in [0.1, 0.15) is 6.04 Å². The first-order valence-electron chi connectivity index (χ1n) is 11.6. The Kier molecular flexibility index (Phi) is 6.28. The first-order chi connectivity index (χ1) is 14.5. The third-order valence-corrected chi connectivity index (χ3v) is 7.22. The van der Waals surface area contributed by atoms with Gasteiger partial charge in [-0.1, -0.05) is 38.5 Å². The molecule has 1 saturated carbocycles. The van der Waals surface area contributed by atoms with Crippen molar-refractivity contribution in [1.29, 1.82) is 0 Å². The molecule has 30 heavy (non-hydrogen) atoms. The summed E-state index contributed by atoms with van der Waals surface area (Å²) in [6.45, 7) is 8.89. The second-order valence-electron chi connectivity index (χ2n) is 9.40. The van der Waals surface area contributed by atoms with Crippen LogP contribution in [0.2, 0.25) is 0 Å². The van der Waals surface area contributed by atoms with Gasteiger partial charge in [0.05, 0.1) is 0 Å². The summed E-state index contributed by atoms with van der Waals surface area (Å²) in [5, 5.41) is 6.65. The Morgan fingerprint density at radius 3 is 2.80 bits per heavy atom. The lowest BCUT2D eigenvalue weighted by Crippen LogP contribution is -2.49. The minimum absolute atomic E-state index is 0.0156. The standard InChI is InChI=1S/C25H35N3O2/c1-4-16(2)26-22-8-6-5-7-19(22)13-18-10-11-21-20(14-18)15-28(25(21)30)23-12-9-17(3)27-24(23)29/h10-11,14,16,19,22-23,26H,3-9,12-13,15H2,1-2H3,(H,27,29)/t16-,19+,22-,23?/m0/s1. The number of hydrogen-bond acceptors (Lipinski definition) is 3. The summed E-state index contributed by atoms with van der Waals surface area (Å²) in [6.07, 6.45) is 8.74. The number of nitrogens with zero attached hydrogens (tertiary/aromatic N) is 1. The molecule has 0 aromatic heterocycles. The highest BCUT2D eigenvalue weighted by Crippen LogP contribution is 2.32. The van der Waals surface area contributed by atoms with Crippen molar-refractivity contribution in [3.8, 4) is 0 Å². The maximum Gasteiger partial charge on any atom is 0.255 e. The molecule has 1 aromatic rings. The number of carbonyl (C=O) groups excluding carboxylic acids is 2. The molecular weight excluding hydrogens is 374 g/mol. The fourth-order valence-corrected chi connectivity index (χ4v) is 5.29. The summed E-state index contributed by atoms with van der Waals surface area (Å²) < 4.78 is 0. The Balaban J connectivity index is 1.46. The van der Waals surface area contributed by atoms with E-state index in [4.69, 9.17) is 0 Å². The average Bonchev–Trinajstić information content (AvgIpc) is 3.05. The lowest BCUT2D eigenvalue weighted by Gasteiger charge is -2.34. The van der Waals surface area contributed by atoms with Gasteiger partial charge in [-0.2, -0.15) is 0 Å². The lowest BCUT2D eigenvalue weighted by molar-refractivity contribution is -0.126. The van der Waals surface area contributed by atoms with Gasteiger partial charge < -0.3 is 15.5 Å². The summed E-state index contributed by atoms with van der Waals surface area (Å²) in [5.41, 5.74) is 3.88. The van der Waals surface area contributed by atoms with E-state index in [1.807, 2.05) is 6.07 Å². The number of fused-ring (bicyclic) bond motifs is 1. The minimum atomic E-state index is -0.388. The van der Waals surface area contributed by atoms with Crippen molar-refractivity contribution in [3.05, 3.63) is 47.2 Å². The molecule has 2 aliphatic heterocycles. The van der Waals surface area contributed by atoms with Crippen molar-refractivity contribution in [2.75, 3.05) is 0 Å². The van der Waals surface area contributed by atoms with Gasteiger partial charge in [0.15, 0.2) is 0 Å². The quantitative estimate of drug-likeness (QED) is 0.748. The summed E-state index contributed by atoms with van der Waals surface area (Å²) in [4.78, 5) is 27.1. The molecule has 1 aromatic carbocycles. The van der Waals surface area contributed by atoms with Crippen LogP contribution in [0, 0.1) is 5.92 Å². The monoisotopic (exact) mass is 409 g/mol. The van der Waals surface area contributed by atoms with Crippen molar-refractivity contribution < 1.29 is 9.59 Å². The van der Waals surface area contributed by atoms with Gasteiger partial charge in [0.2, 0.25) is 5.91 Å². The van der Waals surface area contributed by atoms with Crippen molar-refractivity contribution in [1.82, 2.24) is 15.5 Å². The van der Waals surface area contributed by atoms with E-state index >= 15 is 0 Å². The largest absolute Gasteiger partial charge is 0.329 e. The summed E-state index contributed by atoms with van der Waals surface area (Å²) >= 11 is 0. The van der Waals surface area contributed by atoms with Crippen molar-refractivity contribution in [3.63, 3.8) is 0 Å². The van der Waals surface area contributed by atoms with Crippen LogP contribution in [-0.4, -0.2) is 34.8 Å². The minimum Gasteiger partial charge on any atom is -0.329 e. The molecule has 2 N–H and O–H groups in total. The van der Waals surface area contributed by atoms with E-state index in [1.54, 1.807) is 4.90 Å². The molecule has 0 bridgehead atoms. The summed E-state index contributed by atoms with van der Waals surface area (Å²) in [6, 6.07) is 7.06. The zero-order chi connectivity index (χ0) is 21.3. The number of piperidine rings is 1. The van der Waals surface area contributed by atoms with E-state index in [0.717, 1.165) is 36.1 Å². The number of carbonyl (C=O) groups is 2. The Bertz CT molecular complexity index is 834. The smallest absolute Gasteiger partial charge is 0.255 e. The van der Waals surface area contributed by atoms with Crippen LogP contribution in [0.1, 0.15) is 80.3 Å². The maximum absolute atomic E-state index is 12.9. The molecular formula is C25H35N3O2. The highest BCUT2D eigenvalue weighted by atomic mass is 16.2. The third-order valence-electron chi connectivity index (χ3n) is 7.22. The molecule has 1 saturated heterocycles. The number of hydrogen-bond donors (Lipinski definition) is 2. The number of amides is 2. The highest BCUT2D eigenvalue weighted by molar-refractivity contribution is 6.01. The van der Waals surface area contributed by atoms with E-state index in [2.05, 4.69) is 43.2 Å². The van der Waals surface area contributed by atoms with Crippen LogP contribution in [0.5, 0.6) is 0 Å². The summed E-state index contributed by atoms with van der Waals surface area (Å²) in [7, 11) is 0. The van der Waals surface area contributed by atoms with Crippen molar-refractivity contribution >= 4 is 11.8 Å². The van der Waals surface area contributed by atoms with Crippen LogP contribution in [0.15, 0.2) is 30.5 Å². The van der Waals surface area contributed by atoms with Crippen LogP contribution >= 0.6 is 0 Å². The molecule has 5 heteroatoms. The number of rotatable bonds is 6. The normalized spacial score (nSPS) is 27.7. The molecule has 2 amide bonds. The van der Waals surface area contributed by atoms with Crippen LogP contribution in [0.25, 0.3) is 0 Å². The third kappa shape index (κ3) is 4.31. The highest BCUT2D eigenvalue weighted by Gasteiger charge is 2.38. The molecule has 5 nitrogen and oxygen atoms in total. The SMILES string of the molecule is C=C1CCC(N2Cc3cc(C[C@H]4CCCC[C@@H]4N[C@@H](C)CC)ccc3C2=O)C(=O)N1. The number of nitrogens with one attached hydrogen (secondary N) is 2. The van der Waals surface area contributed by atoms with Crippen molar-refractivity contribution in [2.45, 2.75) is 89.9 Å². The first kappa shape index (κ1) is 21.1. The Hall–Kier alpha value is -2.14. The van der Waals surface area contributed by atoms with Crippen LogP contribution in [-0.2, 0) is 17.8 Å². The van der Waals surface area contributed by atoms with E-state index in [-0.39, 0.29) is 17.9 Å². The number of benzene rings is 1. The Labute approximate surface area is 180 Å². The van der Waals surface area contributed by atoms with Gasteiger partial charge in [0.25, 0.3) is 5.91 Å². The van der Waals surface area contributed by atoms with Gasteiger partial charge in [-0.25, -0.2) is 0 Å². The molecule has 1 unspecified atom stereocenters. The van der Waals surface area contributed by atoms with Gasteiger partial charge in [-0.05, 0) is 68.6 Å².